The average Bonchev–Trinajstić information content (AvgIpc) is 3.80. The Balaban J connectivity index is 0.00000281. The number of benzene rings is 3. The molecule has 3 heterocycles. The molecule has 10 nitrogen and oxygen atoms in total. The van der Waals surface area contributed by atoms with Crippen LogP contribution >= 0.6 is 27.0 Å². The summed E-state index contributed by atoms with van der Waals surface area (Å²) in [5.74, 6) is 0.403. The van der Waals surface area contributed by atoms with E-state index in [4.69, 9.17) is 9.47 Å². The highest BCUT2D eigenvalue weighted by Gasteiger charge is 2.35. The highest BCUT2D eigenvalue weighted by Crippen LogP contribution is 2.34. The van der Waals surface area contributed by atoms with Crippen molar-refractivity contribution in [3.63, 3.8) is 0 Å². The number of nitrogens with one attached hydrogen (secondary N) is 2. The fourth-order valence-corrected chi connectivity index (χ4v) is 6.30. The SMILES string of the molecule is CC(C)(C)OC(=O)N1CC[C@H](C(=O)Nc2ccc3cc(-c4ccc(-c5cnc([C@@H]6CCCN6C(=O)OC(C)(C)C)[nH]5)cc4)ccc3c2)C1.S.S. The topological polar surface area (TPSA) is 117 Å². The van der Waals surface area contributed by atoms with Crippen molar-refractivity contribution in [3.8, 4) is 22.4 Å². The number of hydrogen-bond donors (Lipinski definition) is 2. The summed E-state index contributed by atoms with van der Waals surface area (Å²) in [5, 5.41) is 5.12. The van der Waals surface area contributed by atoms with E-state index in [1.807, 2.05) is 65.9 Å². The number of amides is 3. The van der Waals surface area contributed by atoms with E-state index in [1.165, 1.54) is 0 Å². The van der Waals surface area contributed by atoms with E-state index in [2.05, 4.69) is 57.7 Å². The van der Waals surface area contributed by atoms with Gasteiger partial charge >= 0.3 is 12.2 Å². The number of ether oxygens (including phenoxy) is 2. The van der Waals surface area contributed by atoms with Crippen LogP contribution in [0, 0.1) is 5.92 Å². The van der Waals surface area contributed by atoms with Crippen molar-refractivity contribution in [2.75, 3.05) is 25.0 Å². The number of likely N-dealkylation sites (tertiary alicyclic amines) is 2. The lowest BCUT2D eigenvalue weighted by Crippen LogP contribution is -2.36. The van der Waals surface area contributed by atoms with Gasteiger partial charge in [0, 0.05) is 25.3 Å². The van der Waals surface area contributed by atoms with Crippen LogP contribution in [0.3, 0.4) is 0 Å². The second kappa shape index (κ2) is 15.4. The molecule has 50 heavy (non-hydrogen) atoms. The Labute approximate surface area is 308 Å². The number of imidazole rings is 1. The number of aromatic nitrogens is 2. The van der Waals surface area contributed by atoms with E-state index < -0.39 is 11.2 Å². The molecule has 2 aliphatic rings. The van der Waals surface area contributed by atoms with Gasteiger partial charge in [0.15, 0.2) is 0 Å². The number of nitrogens with zero attached hydrogens (tertiary/aromatic N) is 3. The van der Waals surface area contributed by atoms with Crippen LogP contribution in [-0.2, 0) is 14.3 Å². The third kappa shape index (κ3) is 9.14. The van der Waals surface area contributed by atoms with Crippen molar-refractivity contribution in [1.82, 2.24) is 19.8 Å². The molecule has 0 aliphatic carbocycles. The van der Waals surface area contributed by atoms with Gasteiger partial charge in [-0.1, -0.05) is 42.5 Å². The molecule has 0 saturated carbocycles. The van der Waals surface area contributed by atoms with Crippen LogP contribution < -0.4 is 5.32 Å². The molecule has 3 aromatic carbocycles. The second-order valence-corrected chi connectivity index (χ2v) is 14.8. The molecule has 3 amide bonds. The van der Waals surface area contributed by atoms with Gasteiger partial charge in [-0.05, 0) is 106 Å². The van der Waals surface area contributed by atoms with Gasteiger partial charge in [0.1, 0.15) is 17.0 Å². The Kier molecular flexibility index (Phi) is 11.9. The highest BCUT2D eigenvalue weighted by molar-refractivity contribution is 7.59. The van der Waals surface area contributed by atoms with Crippen LogP contribution in [0.5, 0.6) is 0 Å². The fourth-order valence-electron chi connectivity index (χ4n) is 6.30. The zero-order valence-electron chi connectivity index (χ0n) is 29.6. The maximum absolute atomic E-state index is 13.0. The Hall–Kier alpha value is -4.16. The lowest BCUT2D eigenvalue weighted by atomic mass is 9.99. The van der Waals surface area contributed by atoms with Crippen LogP contribution in [-0.4, -0.2) is 68.7 Å². The average molecular weight is 720 g/mol. The number of aromatic amines is 1. The summed E-state index contributed by atoms with van der Waals surface area (Å²) in [5.41, 5.74) is 3.69. The molecule has 268 valence electrons. The van der Waals surface area contributed by atoms with E-state index in [1.54, 1.807) is 9.80 Å². The molecule has 0 radical (unpaired) electrons. The van der Waals surface area contributed by atoms with Crippen molar-refractivity contribution in [3.05, 3.63) is 72.7 Å². The third-order valence-corrected chi connectivity index (χ3v) is 8.64. The Morgan fingerprint density at radius 2 is 1.40 bits per heavy atom. The van der Waals surface area contributed by atoms with E-state index in [0.717, 1.165) is 57.5 Å². The number of H-pyrrole nitrogens is 1. The van der Waals surface area contributed by atoms with Crippen molar-refractivity contribution >= 4 is 61.5 Å². The molecule has 0 spiro atoms. The molecule has 1 aromatic heterocycles. The summed E-state index contributed by atoms with van der Waals surface area (Å²) >= 11 is 0. The van der Waals surface area contributed by atoms with Crippen LogP contribution in [0.25, 0.3) is 33.2 Å². The molecular weight excluding hydrogens is 671 g/mol. The first kappa shape index (κ1) is 38.6. The summed E-state index contributed by atoms with van der Waals surface area (Å²) < 4.78 is 11.1. The van der Waals surface area contributed by atoms with Gasteiger partial charge in [-0.15, -0.1) is 0 Å². The molecule has 12 heteroatoms. The second-order valence-electron chi connectivity index (χ2n) is 14.8. The molecule has 6 rings (SSSR count). The smallest absolute Gasteiger partial charge is 0.410 e. The molecule has 2 fully saturated rings. The molecular formula is C38H49N5O5S2. The van der Waals surface area contributed by atoms with Crippen LogP contribution in [0.2, 0.25) is 0 Å². The molecule has 2 aliphatic heterocycles. The lowest BCUT2D eigenvalue weighted by Gasteiger charge is -2.27. The first-order valence-electron chi connectivity index (χ1n) is 16.7. The van der Waals surface area contributed by atoms with Gasteiger partial charge in [0.2, 0.25) is 5.91 Å². The number of carbonyl (C=O) groups excluding carboxylic acids is 3. The minimum Gasteiger partial charge on any atom is -0.444 e. The zero-order valence-corrected chi connectivity index (χ0v) is 31.6. The maximum Gasteiger partial charge on any atom is 0.410 e. The summed E-state index contributed by atoms with van der Waals surface area (Å²) in [4.78, 5) is 49.6. The predicted molar refractivity (Wildman–Crippen MR) is 207 cm³/mol. The van der Waals surface area contributed by atoms with Crippen LogP contribution in [0.15, 0.2) is 66.9 Å². The summed E-state index contributed by atoms with van der Waals surface area (Å²) in [6, 6.07) is 20.4. The lowest BCUT2D eigenvalue weighted by molar-refractivity contribution is -0.119. The summed E-state index contributed by atoms with van der Waals surface area (Å²) in [7, 11) is 0. The molecule has 0 unspecified atom stereocenters. The Bertz CT molecular complexity index is 1830. The van der Waals surface area contributed by atoms with Gasteiger partial charge < -0.3 is 24.7 Å². The van der Waals surface area contributed by atoms with Crippen molar-refractivity contribution < 1.29 is 23.9 Å². The van der Waals surface area contributed by atoms with Crippen LogP contribution in [0.4, 0.5) is 15.3 Å². The monoisotopic (exact) mass is 719 g/mol. The molecule has 2 N–H and O–H groups in total. The molecule has 2 saturated heterocycles. The zero-order chi connectivity index (χ0) is 34.2. The van der Waals surface area contributed by atoms with Crippen LogP contribution in [0.1, 0.15) is 72.7 Å². The quantitative estimate of drug-likeness (QED) is 0.214. The van der Waals surface area contributed by atoms with E-state index >= 15 is 0 Å². The van der Waals surface area contributed by atoms with Gasteiger partial charge in [-0.3, -0.25) is 9.69 Å². The first-order chi connectivity index (χ1) is 22.7. The van der Waals surface area contributed by atoms with Crippen molar-refractivity contribution in [2.24, 2.45) is 5.92 Å². The van der Waals surface area contributed by atoms with Gasteiger partial charge in [-0.25, -0.2) is 14.6 Å². The normalized spacial score (nSPS) is 17.6. The fraction of sp³-hybridized carbons (Fsp3) is 0.421. The van der Waals surface area contributed by atoms with E-state index in [-0.39, 0.29) is 57.0 Å². The maximum atomic E-state index is 13.0. The highest BCUT2D eigenvalue weighted by atomic mass is 32.1. The third-order valence-electron chi connectivity index (χ3n) is 8.64. The number of carbonyl (C=O) groups is 3. The minimum absolute atomic E-state index is 0. The largest absolute Gasteiger partial charge is 0.444 e. The Morgan fingerprint density at radius 3 is 2.10 bits per heavy atom. The molecule has 0 bridgehead atoms. The summed E-state index contributed by atoms with van der Waals surface area (Å²) in [6.07, 6.45) is 3.50. The predicted octanol–water partition coefficient (Wildman–Crippen LogP) is 8.39. The number of rotatable bonds is 5. The van der Waals surface area contributed by atoms with Crippen molar-refractivity contribution in [1.29, 1.82) is 0 Å². The Morgan fingerprint density at radius 1 is 0.780 bits per heavy atom. The van der Waals surface area contributed by atoms with Crippen molar-refractivity contribution in [2.45, 2.75) is 78.0 Å². The van der Waals surface area contributed by atoms with E-state index in [9.17, 15) is 14.4 Å². The number of anilines is 1. The van der Waals surface area contributed by atoms with Gasteiger partial charge in [-0.2, -0.15) is 27.0 Å². The molecule has 4 aromatic rings. The number of hydrogen-bond acceptors (Lipinski definition) is 6. The van der Waals surface area contributed by atoms with Gasteiger partial charge in [0.25, 0.3) is 0 Å². The van der Waals surface area contributed by atoms with Gasteiger partial charge in [0.05, 0.1) is 23.9 Å². The summed E-state index contributed by atoms with van der Waals surface area (Å²) in [6.45, 7) is 12.7. The minimum atomic E-state index is -0.568. The number of fused-ring (bicyclic) bond motifs is 1. The standard InChI is InChI=1S/C38H45N5O5.2H2S/c1-37(2,3)47-35(45)42-19-17-29(23-42)34(44)40-30-16-15-27-20-26(13-14-28(27)21-30)24-9-11-25(12-10-24)31-22-39-33(41-31)32-8-7-18-43(32)36(46)48-38(4,5)6;;/h9-16,20-22,29,32H,7-8,17-19,23H2,1-6H3,(H,39,41)(H,40,44);2*1H2/t29-,32-;;/m0../s1. The first-order valence-corrected chi connectivity index (χ1v) is 16.7. The van der Waals surface area contributed by atoms with E-state index in [0.29, 0.717) is 26.1 Å². The molecule has 2 atom stereocenters.